The Morgan fingerprint density at radius 2 is 0.963 bits per heavy atom. The van der Waals surface area contributed by atoms with Gasteiger partial charge in [-0.15, -0.1) is 0 Å². The number of hydrogen-bond donors (Lipinski definition) is 1. The van der Waals surface area contributed by atoms with Crippen molar-refractivity contribution >= 4 is 10.1 Å². The first-order valence-corrected chi connectivity index (χ1v) is 13.1. The number of rotatable bonds is 19. The predicted octanol–water partition coefficient (Wildman–Crippen LogP) is 7.94. The summed E-state index contributed by atoms with van der Waals surface area (Å²) < 4.78 is 31.1. The second-order valence-corrected chi connectivity index (χ2v) is 11.1. The summed E-state index contributed by atoms with van der Waals surface area (Å²) in [6.45, 7) is 7.45. The molecular weight excluding hydrogens is 356 g/mol. The summed E-state index contributed by atoms with van der Waals surface area (Å²) >= 11 is 0. The topological polar surface area (TPSA) is 54.4 Å². The summed E-state index contributed by atoms with van der Waals surface area (Å²) in [5.74, 6) is -0.0147. The monoisotopic (exact) mass is 404 g/mol. The van der Waals surface area contributed by atoms with Crippen molar-refractivity contribution < 1.29 is 13.0 Å². The highest BCUT2D eigenvalue weighted by molar-refractivity contribution is 7.87. The van der Waals surface area contributed by atoms with E-state index in [2.05, 4.69) is 6.92 Å². The fourth-order valence-electron chi connectivity index (χ4n) is 3.60. The number of unbranched alkanes of at least 4 members (excludes halogenated alkanes) is 15. The molecule has 27 heavy (non-hydrogen) atoms. The Kier molecular flexibility index (Phi) is 15.7. The summed E-state index contributed by atoms with van der Waals surface area (Å²) in [6, 6.07) is 0. The van der Waals surface area contributed by atoms with Gasteiger partial charge < -0.3 is 0 Å². The molecule has 0 aromatic carbocycles. The summed E-state index contributed by atoms with van der Waals surface area (Å²) in [6.07, 6.45) is 22.4. The molecule has 0 heterocycles. The molecule has 0 bridgehead atoms. The molecule has 0 rings (SSSR count). The van der Waals surface area contributed by atoms with Gasteiger partial charge in [-0.25, -0.2) is 0 Å². The van der Waals surface area contributed by atoms with Crippen molar-refractivity contribution in [2.24, 2.45) is 5.92 Å². The first kappa shape index (κ1) is 26.9. The van der Waals surface area contributed by atoms with E-state index in [9.17, 15) is 13.0 Å². The average Bonchev–Trinajstić information content (AvgIpc) is 2.60. The van der Waals surface area contributed by atoms with E-state index in [4.69, 9.17) is 0 Å². The van der Waals surface area contributed by atoms with E-state index in [1.54, 1.807) is 13.8 Å². The van der Waals surface area contributed by atoms with Crippen LogP contribution < -0.4 is 0 Å². The van der Waals surface area contributed by atoms with Gasteiger partial charge in [0.2, 0.25) is 0 Å². The maximum atomic E-state index is 11.4. The predicted molar refractivity (Wildman–Crippen MR) is 119 cm³/mol. The van der Waals surface area contributed by atoms with Crippen LogP contribution in [0.5, 0.6) is 0 Å². The third-order valence-corrected chi connectivity index (χ3v) is 8.07. The lowest BCUT2D eigenvalue weighted by Gasteiger charge is -2.28. The highest BCUT2D eigenvalue weighted by Gasteiger charge is 2.37. The maximum Gasteiger partial charge on any atom is 0.270 e. The van der Waals surface area contributed by atoms with Gasteiger partial charge in [0.05, 0.1) is 4.75 Å². The Labute approximate surface area is 170 Å². The molecule has 4 heteroatoms. The Balaban J connectivity index is 3.37. The van der Waals surface area contributed by atoms with Crippen LogP contribution in [-0.2, 0) is 10.1 Å². The Bertz CT molecular complexity index is 429. The van der Waals surface area contributed by atoms with Gasteiger partial charge in [0, 0.05) is 0 Å². The van der Waals surface area contributed by atoms with Crippen LogP contribution in [0.1, 0.15) is 137 Å². The zero-order valence-electron chi connectivity index (χ0n) is 18.8. The molecule has 0 aromatic rings. The van der Waals surface area contributed by atoms with Gasteiger partial charge in [-0.3, -0.25) is 4.55 Å². The van der Waals surface area contributed by atoms with Gasteiger partial charge in [0.25, 0.3) is 10.1 Å². The molecule has 1 N–H and O–H groups in total. The molecule has 0 aliphatic rings. The van der Waals surface area contributed by atoms with Crippen LogP contribution in [0.2, 0.25) is 0 Å². The van der Waals surface area contributed by atoms with Gasteiger partial charge in [0.1, 0.15) is 0 Å². The van der Waals surface area contributed by atoms with Crippen LogP contribution in [0.3, 0.4) is 0 Å². The molecule has 1 unspecified atom stereocenters. The fourth-order valence-corrected chi connectivity index (χ4v) is 4.23. The molecule has 0 aliphatic carbocycles. The third kappa shape index (κ3) is 13.7. The molecule has 0 aromatic heterocycles. The quantitative estimate of drug-likeness (QED) is 0.175. The Hall–Kier alpha value is -0.0900. The zero-order valence-corrected chi connectivity index (χ0v) is 19.6. The minimum atomic E-state index is -3.97. The van der Waals surface area contributed by atoms with Crippen LogP contribution >= 0.6 is 0 Å². The lowest BCUT2D eigenvalue weighted by Crippen LogP contribution is -2.38. The minimum absolute atomic E-state index is 0.0147. The smallest absolute Gasteiger partial charge is 0.270 e. The van der Waals surface area contributed by atoms with Gasteiger partial charge in [-0.1, -0.05) is 117 Å². The van der Waals surface area contributed by atoms with Crippen LogP contribution in [0.15, 0.2) is 0 Å². The lowest BCUT2D eigenvalue weighted by molar-refractivity contribution is 0.351. The number of hydrogen-bond acceptors (Lipinski definition) is 2. The largest absolute Gasteiger partial charge is 0.285 e. The van der Waals surface area contributed by atoms with Crippen LogP contribution in [0.25, 0.3) is 0 Å². The normalized spacial score (nSPS) is 13.8. The molecule has 0 amide bonds. The average molecular weight is 405 g/mol. The van der Waals surface area contributed by atoms with Crippen molar-refractivity contribution in [3.05, 3.63) is 0 Å². The molecule has 164 valence electrons. The van der Waals surface area contributed by atoms with Crippen molar-refractivity contribution in [1.82, 2.24) is 0 Å². The van der Waals surface area contributed by atoms with Crippen molar-refractivity contribution in [3.8, 4) is 0 Å². The van der Waals surface area contributed by atoms with E-state index in [1.807, 2.05) is 6.92 Å². The summed E-state index contributed by atoms with van der Waals surface area (Å²) in [4.78, 5) is 0. The summed E-state index contributed by atoms with van der Waals surface area (Å²) in [5.41, 5.74) is 0. The molecule has 0 spiro atoms. The maximum absolute atomic E-state index is 11.4. The second-order valence-electron chi connectivity index (χ2n) is 9.07. The minimum Gasteiger partial charge on any atom is -0.285 e. The molecule has 0 saturated heterocycles. The lowest BCUT2D eigenvalue weighted by atomic mass is 9.91. The fraction of sp³-hybridized carbons (Fsp3) is 1.00. The van der Waals surface area contributed by atoms with Gasteiger partial charge in [-0.05, 0) is 26.2 Å². The van der Waals surface area contributed by atoms with Crippen LogP contribution in [0.4, 0.5) is 0 Å². The van der Waals surface area contributed by atoms with Gasteiger partial charge >= 0.3 is 0 Å². The molecule has 0 saturated carbocycles. The highest BCUT2D eigenvalue weighted by atomic mass is 32.2. The first-order chi connectivity index (χ1) is 12.7. The Morgan fingerprint density at radius 3 is 1.26 bits per heavy atom. The van der Waals surface area contributed by atoms with E-state index in [-0.39, 0.29) is 5.92 Å². The molecule has 0 aliphatic heterocycles. The Morgan fingerprint density at radius 1 is 0.667 bits per heavy atom. The SMILES string of the molecule is CCCCCCCCCCCCCCCCCCC(C)C(C)(C)S(=O)(=O)O. The van der Waals surface area contributed by atoms with Crippen molar-refractivity contribution in [3.63, 3.8) is 0 Å². The molecule has 1 atom stereocenters. The summed E-state index contributed by atoms with van der Waals surface area (Å²) in [5, 5.41) is 0. The molecule has 3 nitrogen and oxygen atoms in total. The highest BCUT2D eigenvalue weighted by Crippen LogP contribution is 2.29. The van der Waals surface area contributed by atoms with E-state index in [0.29, 0.717) is 0 Å². The molecular formula is C23H48O3S. The second kappa shape index (κ2) is 15.8. The molecule has 0 fully saturated rings. The van der Waals surface area contributed by atoms with E-state index in [1.165, 1.54) is 96.3 Å². The van der Waals surface area contributed by atoms with E-state index < -0.39 is 14.9 Å². The van der Waals surface area contributed by atoms with Crippen LogP contribution in [0, 0.1) is 5.92 Å². The molecule has 0 radical (unpaired) electrons. The van der Waals surface area contributed by atoms with E-state index in [0.717, 1.165) is 12.8 Å². The standard InChI is InChI=1S/C23H48O3S/c1-5-6-7-8-9-10-11-12-13-14-15-16-17-18-19-20-21-22(2)23(3,4)27(24,25)26/h22H,5-21H2,1-4H3,(H,24,25,26). The van der Waals surface area contributed by atoms with Crippen molar-refractivity contribution in [2.45, 2.75) is 142 Å². The van der Waals surface area contributed by atoms with Crippen LogP contribution in [-0.4, -0.2) is 17.7 Å². The van der Waals surface area contributed by atoms with Crippen molar-refractivity contribution in [1.29, 1.82) is 0 Å². The summed E-state index contributed by atoms with van der Waals surface area (Å²) in [7, 11) is -3.97. The third-order valence-electron chi connectivity index (χ3n) is 6.34. The van der Waals surface area contributed by atoms with Gasteiger partial charge in [0.15, 0.2) is 0 Å². The van der Waals surface area contributed by atoms with Crippen molar-refractivity contribution in [2.75, 3.05) is 0 Å². The van der Waals surface area contributed by atoms with E-state index >= 15 is 0 Å². The van der Waals surface area contributed by atoms with Gasteiger partial charge in [-0.2, -0.15) is 8.42 Å². The first-order valence-electron chi connectivity index (χ1n) is 11.7. The zero-order chi connectivity index (χ0) is 20.6.